The number of rotatable bonds is 6. The summed E-state index contributed by atoms with van der Waals surface area (Å²) in [6, 6.07) is 5.32. The van der Waals surface area contributed by atoms with Gasteiger partial charge in [-0.15, -0.1) is 0 Å². The van der Waals surface area contributed by atoms with E-state index in [1.54, 1.807) is 24.5 Å². The second-order valence-electron chi connectivity index (χ2n) is 5.17. The number of fused-ring (bicyclic) bond motifs is 1. The lowest BCUT2D eigenvalue weighted by molar-refractivity contribution is -0.137. The van der Waals surface area contributed by atoms with Gasteiger partial charge >= 0.3 is 5.97 Å². The van der Waals surface area contributed by atoms with Gasteiger partial charge in [0, 0.05) is 30.9 Å². The number of H-pyrrole nitrogens is 1. The Labute approximate surface area is 131 Å². The van der Waals surface area contributed by atoms with E-state index in [0.717, 1.165) is 5.52 Å². The molecule has 5 N–H and O–H groups in total. The predicted octanol–water partition coefficient (Wildman–Crippen LogP) is 1.58. The molecular formula is C15H16N6O2. The Hall–Kier alpha value is -3.16. The smallest absolute Gasteiger partial charge is 0.303 e. The minimum Gasteiger partial charge on any atom is -0.481 e. The number of aliphatic carboxylic acids is 1. The van der Waals surface area contributed by atoms with Gasteiger partial charge in [0.05, 0.1) is 11.0 Å². The first-order valence-electron chi connectivity index (χ1n) is 7.12. The van der Waals surface area contributed by atoms with E-state index >= 15 is 0 Å². The molecule has 0 aliphatic carbocycles. The summed E-state index contributed by atoms with van der Waals surface area (Å²) in [5, 5.41) is 16.2. The summed E-state index contributed by atoms with van der Waals surface area (Å²) in [4.78, 5) is 22.6. The van der Waals surface area contributed by atoms with E-state index in [9.17, 15) is 4.79 Å². The van der Waals surface area contributed by atoms with Crippen LogP contribution in [0.5, 0.6) is 0 Å². The molecule has 2 aromatic heterocycles. The average Bonchev–Trinajstić information content (AvgIpc) is 3.11. The molecule has 8 nitrogen and oxygen atoms in total. The molecule has 0 radical (unpaired) electrons. The molecule has 0 atom stereocenters. The number of imidazole rings is 2. The van der Waals surface area contributed by atoms with E-state index in [1.165, 1.54) is 0 Å². The highest BCUT2D eigenvalue weighted by molar-refractivity contribution is 5.98. The number of aromatic amines is 1. The van der Waals surface area contributed by atoms with Crippen LogP contribution in [-0.2, 0) is 11.3 Å². The Morgan fingerprint density at radius 3 is 3.00 bits per heavy atom. The number of nitrogens with one attached hydrogen (secondary N) is 2. The number of nitrogens with two attached hydrogens (primary N) is 1. The van der Waals surface area contributed by atoms with Gasteiger partial charge < -0.3 is 20.4 Å². The second-order valence-corrected chi connectivity index (χ2v) is 5.17. The predicted molar refractivity (Wildman–Crippen MR) is 85.2 cm³/mol. The monoisotopic (exact) mass is 312 g/mol. The van der Waals surface area contributed by atoms with E-state index < -0.39 is 5.97 Å². The molecule has 0 aliphatic heterocycles. The molecule has 23 heavy (non-hydrogen) atoms. The number of hydrogen-bond donors (Lipinski definition) is 4. The molecule has 0 saturated heterocycles. The number of carbonyl (C=O) groups is 1. The molecule has 0 unspecified atom stereocenters. The van der Waals surface area contributed by atoms with Crippen molar-refractivity contribution < 1.29 is 9.90 Å². The largest absolute Gasteiger partial charge is 0.481 e. The first-order valence-corrected chi connectivity index (χ1v) is 7.12. The van der Waals surface area contributed by atoms with Gasteiger partial charge in [-0.2, -0.15) is 0 Å². The molecule has 2 heterocycles. The third kappa shape index (κ3) is 3.05. The molecule has 0 fully saturated rings. The number of aromatic nitrogens is 4. The molecule has 0 saturated carbocycles. The van der Waals surface area contributed by atoms with Crippen molar-refractivity contribution in [1.82, 2.24) is 19.5 Å². The molecular weight excluding hydrogens is 296 g/mol. The number of aryl methyl sites for hydroxylation is 1. The minimum atomic E-state index is -0.813. The van der Waals surface area contributed by atoms with Crippen LogP contribution >= 0.6 is 0 Å². The van der Waals surface area contributed by atoms with Gasteiger partial charge in [0.2, 0.25) is 0 Å². The van der Waals surface area contributed by atoms with Crippen molar-refractivity contribution in [3.63, 3.8) is 0 Å². The number of nitrogen functional groups attached to an aromatic ring is 1. The summed E-state index contributed by atoms with van der Waals surface area (Å²) in [5.74, 6) is 0.427. The van der Waals surface area contributed by atoms with Crippen molar-refractivity contribution in [1.29, 1.82) is 5.41 Å². The van der Waals surface area contributed by atoms with Gasteiger partial charge in [-0.25, -0.2) is 9.97 Å². The number of benzene rings is 1. The van der Waals surface area contributed by atoms with Gasteiger partial charge in [0.15, 0.2) is 11.6 Å². The molecule has 8 heteroatoms. The SMILES string of the molecule is N=C(N)c1ccc2[nH]c(-c3nccn3CCCC(=O)O)nc2c1. The highest BCUT2D eigenvalue weighted by Crippen LogP contribution is 2.20. The molecule has 3 aromatic rings. The highest BCUT2D eigenvalue weighted by Gasteiger charge is 2.12. The van der Waals surface area contributed by atoms with Crippen molar-refractivity contribution in [3.8, 4) is 11.6 Å². The van der Waals surface area contributed by atoms with Crippen molar-refractivity contribution in [2.24, 2.45) is 5.73 Å². The standard InChI is InChI=1S/C15H16N6O2/c16-13(17)9-3-4-10-11(8-9)20-14(19-10)15-18-5-7-21(15)6-1-2-12(22)23/h3-5,7-8H,1-2,6H2,(H3,16,17)(H,19,20)(H,22,23). The molecule has 0 aliphatic rings. The Morgan fingerprint density at radius 1 is 1.43 bits per heavy atom. The van der Waals surface area contributed by atoms with E-state index in [0.29, 0.717) is 35.7 Å². The van der Waals surface area contributed by atoms with Gasteiger partial charge in [0.1, 0.15) is 5.84 Å². The number of carboxylic acid groups (broad SMARTS) is 1. The van der Waals surface area contributed by atoms with Gasteiger partial charge in [-0.05, 0) is 24.6 Å². The van der Waals surface area contributed by atoms with Crippen LogP contribution in [0.4, 0.5) is 0 Å². The lowest BCUT2D eigenvalue weighted by Gasteiger charge is -2.04. The summed E-state index contributed by atoms with van der Waals surface area (Å²) in [5.41, 5.74) is 7.63. The number of amidine groups is 1. The van der Waals surface area contributed by atoms with Crippen LogP contribution in [0.15, 0.2) is 30.6 Å². The first kappa shape index (κ1) is 14.8. The Bertz CT molecular complexity index is 879. The molecule has 0 amide bonds. The lowest BCUT2D eigenvalue weighted by atomic mass is 10.2. The van der Waals surface area contributed by atoms with Crippen LogP contribution < -0.4 is 5.73 Å². The van der Waals surface area contributed by atoms with E-state index in [2.05, 4.69) is 15.0 Å². The molecule has 0 spiro atoms. The first-order chi connectivity index (χ1) is 11.0. The lowest BCUT2D eigenvalue weighted by Crippen LogP contribution is -2.10. The third-order valence-corrected chi connectivity index (χ3v) is 3.51. The van der Waals surface area contributed by atoms with Gasteiger partial charge in [0.25, 0.3) is 0 Å². The normalized spacial score (nSPS) is 11.0. The van der Waals surface area contributed by atoms with E-state index in [4.69, 9.17) is 16.2 Å². The van der Waals surface area contributed by atoms with Crippen molar-refractivity contribution >= 4 is 22.8 Å². The van der Waals surface area contributed by atoms with Gasteiger partial charge in [-0.1, -0.05) is 0 Å². The maximum Gasteiger partial charge on any atom is 0.303 e. The molecule has 1 aromatic carbocycles. The van der Waals surface area contributed by atoms with Crippen molar-refractivity contribution in [2.75, 3.05) is 0 Å². The minimum absolute atomic E-state index is 0.00776. The summed E-state index contributed by atoms with van der Waals surface area (Å²) >= 11 is 0. The van der Waals surface area contributed by atoms with Crippen molar-refractivity contribution in [3.05, 3.63) is 36.2 Å². The second kappa shape index (κ2) is 5.91. The zero-order valence-corrected chi connectivity index (χ0v) is 12.3. The van der Waals surface area contributed by atoms with Crippen LogP contribution in [-0.4, -0.2) is 36.4 Å². The summed E-state index contributed by atoms with van der Waals surface area (Å²) < 4.78 is 1.87. The average molecular weight is 312 g/mol. The maximum atomic E-state index is 10.6. The van der Waals surface area contributed by atoms with Crippen LogP contribution in [0.1, 0.15) is 18.4 Å². The van der Waals surface area contributed by atoms with E-state index in [1.807, 2.05) is 10.6 Å². The summed E-state index contributed by atoms with van der Waals surface area (Å²) in [7, 11) is 0. The Morgan fingerprint density at radius 2 is 2.26 bits per heavy atom. The fourth-order valence-electron chi connectivity index (χ4n) is 2.39. The molecule has 3 rings (SSSR count). The quantitative estimate of drug-likeness (QED) is 0.405. The molecule has 118 valence electrons. The van der Waals surface area contributed by atoms with Crippen molar-refractivity contribution in [2.45, 2.75) is 19.4 Å². The Kier molecular flexibility index (Phi) is 3.80. The van der Waals surface area contributed by atoms with Crippen LogP contribution in [0, 0.1) is 5.41 Å². The third-order valence-electron chi connectivity index (χ3n) is 3.51. The number of hydrogen-bond acceptors (Lipinski definition) is 4. The number of carboxylic acids is 1. The van der Waals surface area contributed by atoms with E-state index in [-0.39, 0.29) is 12.3 Å². The fourth-order valence-corrected chi connectivity index (χ4v) is 2.39. The highest BCUT2D eigenvalue weighted by atomic mass is 16.4. The fraction of sp³-hybridized carbons (Fsp3) is 0.200. The maximum absolute atomic E-state index is 10.6. The van der Waals surface area contributed by atoms with Crippen LogP contribution in [0.25, 0.3) is 22.7 Å². The number of nitrogens with zero attached hydrogens (tertiary/aromatic N) is 3. The zero-order valence-electron chi connectivity index (χ0n) is 12.3. The topological polar surface area (TPSA) is 134 Å². The summed E-state index contributed by atoms with van der Waals surface area (Å²) in [6.45, 7) is 0.553. The summed E-state index contributed by atoms with van der Waals surface area (Å²) in [6.07, 6.45) is 4.09. The van der Waals surface area contributed by atoms with Crippen LogP contribution in [0.3, 0.4) is 0 Å². The molecule has 0 bridgehead atoms. The zero-order chi connectivity index (χ0) is 16.4. The van der Waals surface area contributed by atoms with Gasteiger partial charge in [-0.3, -0.25) is 10.2 Å². The van der Waals surface area contributed by atoms with Crippen LogP contribution in [0.2, 0.25) is 0 Å². The Balaban J connectivity index is 1.90.